The van der Waals surface area contributed by atoms with E-state index in [4.69, 9.17) is 0 Å². The number of benzene rings is 2. The Labute approximate surface area is 172 Å². The highest BCUT2D eigenvalue weighted by atomic mass is 19.1. The summed E-state index contributed by atoms with van der Waals surface area (Å²) in [6.07, 6.45) is 5.46. The first-order chi connectivity index (χ1) is 14.1. The van der Waals surface area contributed by atoms with Crippen LogP contribution in [-0.2, 0) is 11.2 Å². The molecule has 0 radical (unpaired) electrons. The number of hydrogen-bond acceptors (Lipinski definition) is 3. The molecule has 1 N–H and O–H groups in total. The maximum Gasteiger partial charge on any atom is 0.239 e. The third-order valence-corrected chi connectivity index (χ3v) is 6.26. The maximum atomic E-state index is 13.3. The van der Waals surface area contributed by atoms with Crippen molar-refractivity contribution in [3.63, 3.8) is 0 Å². The van der Waals surface area contributed by atoms with Crippen LogP contribution in [0.25, 0.3) is 0 Å². The topological polar surface area (TPSA) is 35.6 Å². The fraction of sp³-hybridized carbons (Fsp3) is 0.458. The van der Waals surface area contributed by atoms with E-state index in [9.17, 15) is 9.18 Å². The number of para-hydroxylation sites is 1. The van der Waals surface area contributed by atoms with Gasteiger partial charge >= 0.3 is 0 Å². The number of nitrogens with zero attached hydrogens (tertiary/aromatic N) is 2. The Kier molecular flexibility index (Phi) is 5.74. The van der Waals surface area contributed by atoms with Gasteiger partial charge in [0.2, 0.25) is 5.91 Å². The molecule has 0 unspecified atom stereocenters. The SMILES string of the molecule is CCN(c1ccc(F)cc1)C1(CNC(=O)CN2CCCCc3ccccc32)CC1. The molecular formula is C24H30FN3O. The second-order valence-electron chi connectivity index (χ2n) is 8.23. The average Bonchev–Trinajstić information content (AvgIpc) is 3.54. The first kappa shape index (κ1) is 19.7. The normalized spacial score (nSPS) is 17.2. The molecule has 5 heteroatoms. The minimum atomic E-state index is -0.222. The highest BCUT2D eigenvalue weighted by Gasteiger charge is 2.47. The second kappa shape index (κ2) is 8.44. The van der Waals surface area contributed by atoms with E-state index >= 15 is 0 Å². The van der Waals surface area contributed by atoms with Crippen LogP contribution in [-0.4, -0.2) is 37.6 Å². The molecule has 0 aromatic heterocycles. The lowest BCUT2D eigenvalue weighted by Gasteiger charge is -2.34. The molecule has 4 rings (SSSR count). The lowest BCUT2D eigenvalue weighted by Crippen LogP contribution is -2.48. The van der Waals surface area contributed by atoms with E-state index in [2.05, 4.69) is 46.3 Å². The largest absolute Gasteiger partial charge is 0.364 e. The van der Waals surface area contributed by atoms with Crippen molar-refractivity contribution in [1.82, 2.24) is 5.32 Å². The Morgan fingerprint density at radius 2 is 1.90 bits per heavy atom. The molecule has 1 heterocycles. The molecule has 2 aromatic carbocycles. The molecule has 0 spiro atoms. The highest BCUT2D eigenvalue weighted by Crippen LogP contribution is 2.43. The molecule has 0 atom stereocenters. The van der Waals surface area contributed by atoms with E-state index in [1.54, 1.807) is 0 Å². The van der Waals surface area contributed by atoms with Crippen LogP contribution < -0.4 is 15.1 Å². The zero-order valence-electron chi connectivity index (χ0n) is 17.2. The number of nitrogens with one attached hydrogen (secondary N) is 1. The van der Waals surface area contributed by atoms with Gasteiger partial charge in [-0.15, -0.1) is 0 Å². The Balaban J connectivity index is 1.39. The quantitative estimate of drug-likeness (QED) is 0.765. The van der Waals surface area contributed by atoms with Crippen molar-refractivity contribution in [2.45, 2.75) is 44.6 Å². The maximum absolute atomic E-state index is 13.3. The fourth-order valence-electron chi connectivity index (χ4n) is 4.53. The second-order valence-corrected chi connectivity index (χ2v) is 8.23. The standard InChI is InChI=1S/C24H30FN3O/c1-2-28(21-12-10-20(25)11-13-21)24(14-15-24)18-26-23(29)17-27-16-6-5-8-19-7-3-4-9-22(19)27/h3-4,7,9-13H,2,5-6,8,14-18H2,1H3,(H,26,29). The van der Waals surface area contributed by atoms with Crippen molar-refractivity contribution in [1.29, 1.82) is 0 Å². The number of aryl methyl sites for hydroxylation is 1. The van der Waals surface area contributed by atoms with Gasteiger partial charge in [0.25, 0.3) is 0 Å². The summed E-state index contributed by atoms with van der Waals surface area (Å²) in [6.45, 7) is 4.90. The van der Waals surface area contributed by atoms with Crippen molar-refractivity contribution >= 4 is 17.3 Å². The van der Waals surface area contributed by atoms with Gasteiger partial charge in [0.1, 0.15) is 5.82 Å². The van der Waals surface area contributed by atoms with E-state index < -0.39 is 0 Å². The highest BCUT2D eigenvalue weighted by molar-refractivity contribution is 5.82. The van der Waals surface area contributed by atoms with Gasteiger partial charge in [-0.1, -0.05) is 18.2 Å². The summed E-state index contributed by atoms with van der Waals surface area (Å²) in [4.78, 5) is 17.3. The Bertz CT molecular complexity index is 847. The molecule has 1 fully saturated rings. The van der Waals surface area contributed by atoms with Gasteiger partial charge in [0.05, 0.1) is 12.1 Å². The third kappa shape index (κ3) is 4.39. The molecule has 2 aromatic rings. The van der Waals surface area contributed by atoms with Crippen LogP contribution in [0, 0.1) is 5.82 Å². The lowest BCUT2D eigenvalue weighted by molar-refractivity contribution is -0.119. The van der Waals surface area contributed by atoms with E-state index in [0.29, 0.717) is 13.1 Å². The van der Waals surface area contributed by atoms with Crippen LogP contribution >= 0.6 is 0 Å². The van der Waals surface area contributed by atoms with Gasteiger partial charge < -0.3 is 15.1 Å². The molecular weight excluding hydrogens is 365 g/mol. The molecule has 0 bridgehead atoms. The van der Waals surface area contributed by atoms with Crippen LogP contribution in [0.15, 0.2) is 48.5 Å². The number of rotatable bonds is 7. The molecule has 1 saturated carbocycles. The van der Waals surface area contributed by atoms with E-state index in [1.807, 2.05) is 12.1 Å². The zero-order valence-corrected chi connectivity index (χ0v) is 17.2. The number of carbonyl (C=O) groups is 1. The van der Waals surface area contributed by atoms with Gasteiger partial charge in [-0.2, -0.15) is 0 Å². The van der Waals surface area contributed by atoms with Crippen LogP contribution in [0.5, 0.6) is 0 Å². The summed E-state index contributed by atoms with van der Waals surface area (Å²) in [5.41, 5.74) is 3.51. The number of likely N-dealkylation sites (N-methyl/N-ethyl adjacent to an activating group) is 1. The minimum absolute atomic E-state index is 0.0427. The Morgan fingerprint density at radius 3 is 2.62 bits per heavy atom. The summed E-state index contributed by atoms with van der Waals surface area (Å²) >= 11 is 0. The molecule has 2 aliphatic rings. The molecule has 29 heavy (non-hydrogen) atoms. The summed E-state index contributed by atoms with van der Waals surface area (Å²) in [6, 6.07) is 15.1. The van der Waals surface area contributed by atoms with Crippen molar-refractivity contribution in [2.75, 3.05) is 36.0 Å². The van der Waals surface area contributed by atoms with Crippen molar-refractivity contribution in [2.24, 2.45) is 0 Å². The predicted molar refractivity (Wildman–Crippen MR) is 116 cm³/mol. The number of fused-ring (bicyclic) bond motifs is 1. The van der Waals surface area contributed by atoms with Gasteiger partial charge in [0, 0.05) is 31.0 Å². The Morgan fingerprint density at radius 1 is 1.14 bits per heavy atom. The van der Waals surface area contributed by atoms with Gasteiger partial charge in [-0.25, -0.2) is 4.39 Å². The van der Waals surface area contributed by atoms with Crippen molar-refractivity contribution in [3.05, 3.63) is 59.9 Å². The summed E-state index contributed by atoms with van der Waals surface area (Å²) in [7, 11) is 0. The first-order valence-corrected chi connectivity index (χ1v) is 10.7. The summed E-state index contributed by atoms with van der Waals surface area (Å²) < 4.78 is 13.3. The fourth-order valence-corrected chi connectivity index (χ4v) is 4.53. The van der Waals surface area contributed by atoms with Crippen LogP contribution in [0.1, 0.15) is 38.2 Å². The smallest absolute Gasteiger partial charge is 0.239 e. The molecule has 0 saturated heterocycles. The van der Waals surface area contributed by atoms with Crippen molar-refractivity contribution in [3.8, 4) is 0 Å². The number of halogens is 1. The third-order valence-electron chi connectivity index (χ3n) is 6.26. The lowest BCUT2D eigenvalue weighted by atomic mass is 10.1. The number of amides is 1. The summed E-state index contributed by atoms with van der Waals surface area (Å²) in [5.74, 6) is -0.149. The zero-order chi connectivity index (χ0) is 20.3. The Hall–Kier alpha value is -2.56. The van der Waals surface area contributed by atoms with Gasteiger partial charge in [-0.3, -0.25) is 4.79 Å². The van der Waals surface area contributed by atoms with Gasteiger partial charge in [0.15, 0.2) is 0 Å². The van der Waals surface area contributed by atoms with E-state index in [0.717, 1.165) is 44.5 Å². The number of carbonyl (C=O) groups excluding carboxylic acids is 1. The first-order valence-electron chi connectivity index (χ1n) is 10.7. The summed E-state index contributed by atoms with van der Waals surface area (Å²) in [5, 5.41) is 3.18. The molecule has 1 amide bonds. The number of hydrogen-bond donors (Lipinski definition) is 1. The van der Waals surface area contributed by atoms with Crippen LogP contribution in [0.3, 0.4) is 0 Å². The van der Waals surface area contributed by atoms with E-state index in [-0.39, 0.29) is 17.3 Å². The van der Waals surface area contributed by atoms with Crippen LogP contribution in [0.2, 0.25) is 0 Å². The van der Waals surface area contributed by atoms with Gasteiger partial charge in [-0.05, 0) is 74.9 Å². The molecule has 1 aliphatic heterocycles. The molecule has 154 valence electrons. The monoisotopic (exact) mass is 395 g/mol. The molecule has 4 nitrogen and oxygen atoms in total. The van der Waals surface area contributed by atoms with Crippen molar-refractivity contribution < 1.29 is 9.18 Å². The minimum Gasteiger partial charge on any atom is -0.364 e. The number of anilines is 2. The molecule has 1 aliphatic carbocycles. The average molecular weight is 396 g/mol. The van der Waals surface area contributed by atoms with Crippen LogP contribution in [0.4, 0.5) is 15.8 Å². The predicted octanol–water partition coefficient (Wildman–Crippen LogP) is 4.14. The van der Waals surface area contributed by atoms with E-state index in [1.165, 1.54) is 29.8 Å².